The summed E-state index contributed by atoms with van der Waals surface area (Å²) in [6.07, 6.45) is 3.15. The first-order chi connectivity index (χ1) is 14.5. The molecule has 0 unspecified atom stereocenters. The van der Waals surface area contributed by atoms with Crippen LogP contribution in [-0.2, 0) is 17.8 Å². The molecule has 1 fully saturated rings. The van der Waals surface area contributed by atoms with Crippen LogP contribution in [0.25, 0.3) is 0 Å². The predicted molar refractivity (Wildman–Crippen MR) is 116 cm³/mol. The van der Waals surface area contributed by atoms with E-state index in [4.69, 9.17) is 10.5 Å². The number of hydrogen-bond acceptors (Lipinski definition) is 4. The van der Waals surface area contributed by atoms with Crippen molar-refractivity contribution in [3.8, 4) is 0 Å². The van der Waals surface area contributed by atoms with Gasteiger partial charge in [-0.05, 0) is 37.0 Å². The quantitative estimate of drug-likeness (QED) is 0.559. The van der Waals surface area contributed by atoms with Crippen molar-refractivity contribution in [2.45, 2.75) is 38.9 Å². The molecule has 2 heterocycles. The van der Waals surface area contributed by atoms with Crippen LogP contribution in [0.15, 0.2) is 58.4 Å². The van der Waals surface area contributed by atoms with Gasteiger partial charge in [0.05, 0.1) is 19.7 Å². The van der Waals surface area contributed by atoms with Gasteiger partial charge >= 0.3 is 6.09 Å². The molecule has 3 N–H and O–H groups in total. The Morgan fingerprint density at radius 2 is 1.87 bits per heavy atom. The van der Waals surface area contributed by atoms with E-state index >= 15 is 0 Å². The Labute approximate surface area is 176 Å². The summed E-state index contributed by atoms with van der Waals surface area (Å²) in [5.74, 6) is 0.407. The highest BCUT2D eigenvalue weighted by molar-refractivity contribution is 5.78. The van der Waals surface area contributed by atoms with Gasteiger partial charge in [-0.3, -0.25) is 4.79 Å². The number of amides is 1. The van der Waals surface area contributed by atoms with Crippen molar-refractivity contribution in [3.63, 3.8) is 0 Å². The molecule has 1 amide bonds. The average molecular weight is 412 g/mol. The minimum absolute atomic E-state index is 0.0156. The molecule has 0 saturated carbocycles. The SMILES string of the molecule is CCOC(=O)N1CCC(NC(N)=NCc2ccc(Cn3ccccc3=O)cc2)CC1. The third-order valence-electron chi connectivity index (χ3n) is 5.08. The Kier molecular flexibility index (Phi) is 7.48. The number of pyridine rings is 1. The molecule has 30 heavy (non-hydrogen) atoms. The van der Waals surface area contributed by atoms with Crippen LogP contribution in [-0.4, -0.2) is 47.3 Å². The average Bonchev–Trinajstić information content (AvgIpc) is 2.75. The second-order valence-electron chi connectivity index (χ2n) is 7.29. The van der Waals surface area contributed by atoms with Crippen molar-refractivity contribution in [1.82, 2.24) is 14.8 Å². The van der Waals surface area contributed by atoms with Gasteiger partial charge in [-0.15, -0.1) is 0 Å². The summed E-state index contributed by atoms with van der Waals surface area (Å²) in [5, 5.41) is 3.24. The van der Waals surface area contributed by atoms with Gasteiger partial charge in [0.25, 0.3) is 5.56 Å². The van der Waals surface area contributed by atoms with E-state index in [1.807, 2.05) is 37.3 Å². The highest BCUT2D eigenvalue weighted by Gasteiger charge is 2.23. The van der Waals surface area contributed by atoms with Gasteiger partial charge < -0.3 is 25.3 Å². The van der Waals surface area contributed by atoms with Gasteiger partial charge in [0.1, 0.15) is 0 Å². The minimum Gasteiger partial charge on any atom is -0.450 e. The first kappa shape index (κ1) is 21.4. The van der Waals surface area contributed by atoms with Gasteiger partial charge in [-0.2, -0.15) is 0 Å². The summed E-state index contributed by atoms with van der Waals surface area (Å²) in [7, 11) is 0. The number of carbonyl (C=O) groups is 1. The van der Waals surface area contributed by atoms with E-state index in [9.17, 15) is 9.59 Å². The van der Waals surface area contributed by atoms with Gasteiger partial charge in [-0.1, -0.05) is 30.3 Å². The molecule has 1 aromatic heterocycles. The van der Waals surface area contributed by atoms with Crippen LogP contribution < -0.4 is 16.6 Å². The molecule has 0 bridgehead atoms. The number of nitrogens with zero attached hydrogens (tertiary/aromatic N) is 3. The number of piperidine rings is 1. The number of rotatable bonds is 6. The number of nitrogens with one attached hydrogen (secondary N) is 1. The van der Waals surface area contributed by atoms with E-state index in [0.717, 1.165) is 24.0 Å². The van der Waals surface area contributed by atoms with Crippen molar-refractivity contribution in [1.29, 1.82) is 0 Å². The maximum atomic E-state index is 11.8. The molecular weight excluding hydrogens is 382 g/mol. The summed E-state index contributed by atoms with van der Waals surface area (Å²) >= 11 is 0. The smallest absolute Gasteiger partial charge is 0.409 e. The van der Waals surface area contributed by atoms with E-state index < -0.39 is 0 Å². The molecule has 8 heteroatoms. The molecule has 2 aromatic rings. The molecule has 0 atom stereocenters. The summed E-state index contributed by atoms with van der Waals surface area (Å²) < 4.78 is 6.70. The van der Waals surface area contributed by atoms with Crippen LogP contribution in [0.4, 0.5) is 4.79 Å². The fourth-order valence-electron chi connectivity index (χ4n) is 3.39. The summed E-state index contributed by atoms with van der Waals surface area (Å²) in [5.41, 5.74) is 8.12. The van der Waals surface area contributed by atoms with Gasteiger partial charge in [0, 0.05) is 31.4 Å². The van der Waals surface area contributed by atoms with E-state index in [-0.39, 0.29) is 17.7 Å². The molecule has 1 aliphatic heterocycles. The van der Waals surface area contributed by atoms with Crippen molar-refractivity contribution in [2.24, 2.45) is 10.7 Å². The molecule has 8 nitrogen and oxygen atoms in total. The van der Waals surface area contributed by atoms with Crippen LogP contribution in [0.3, 0.4) is 0 Å². The maximum absolute atomic E-state index is 11.8. The van der Waals surface area contributed by atoms with Crippen molar-refractivity contribution >= 4 is 12.1 Å². The highest BCUT2D eigenvalue weighted by Crippen LogP contribution is 2.12. The molecular formula is C22H29N5O3. The van der Waals surface area contributed by atoms with Gasteiger partial charge in [-0.25, -0.2) is 9.79 Å². The Balaban J connectivity index is 1.46. The zero-order valence-electron chi connectivity index (χ0n) is 17.3. The summed E-state index contributed by atoms with van der Waals surface area (Å²) in [6, 6.07) is 13.3. The zero-order valence-corrected chi connectivity index (χ0v) is 17.3. The fraction of sp³-hybridized carbons (Fsp3) is 0.409. The number of nitrogens with two attached hydrogens (primary N) is 1. The molecule has 1 saturated heterocycles. The third kappa shape index (κ3) is 6.10. The van der Waals surface area contributed by atoms with Crippen LogP contribution >= 0.6 is 0 Å². The van der Waals surface area contributed by atoms with E-state index in [2.05, 4.69) is 10.3 Å². The zero-order chi connectivity index (χ0) is 21.3. The number of guanidine groups is 1. The second kappa shape index (κ2) is 10.5. The van der Waals surface area contributed by atoms with Crippen LogP contribution in [0.1, 0.15) is 30.9 Å². The molecule has 1 aromatic carbocycles. The van der Waals surface area contributed by atoms with E-state index in [1.54, 1.807) is 27.8 Å². The predicted octanol–water partition coefficient (Wildman–Crippen LogP) is 1.92. The monoisotopic (exact) mass is 411 g/mol. The lowest BCUT2D eigenvalue weighted by molar-refractivity contribution is 0.0963. The molecule has 0 spiro atoms. The topological polar surface area (TPSA) is 102 Å². The van der Waals surface area contributed by atoms with Crippen molar-refractivity contribution in [2.75, 3.05) is 19.7 Å². The van der Waals surface area contributed by atoms with Crippen molar-refractivity contribution < 1.29 is 9.53 Å². The number of carbonyl (C=O) groups excluding carboxylic acids is 1. The summed E-state index contributed by atoms with van der Waals surface area (Å²) in [4.78, 5) is 29.7. The van der Waals surface area contributed by atoms with E-state index in [1.165, 1.54) is 0 Å². The third-order valence-corrected chi connectivity index (χ3v) is 5.08. The van der Waals surface area contributed by atoms with Gasteiger partial charge in [0.2, 0.25) is 0 Å². The lowest BCUT2D eigenvalue weighted by Crippen LogP contribution is -2.48. The maximum Gasteiger partial charge on any atom is 0.409 e. The molecule has 0 aliphatic carbocycles. The normalized spacial score (nSPS) is 15.1. The molecule has 1 aliphatic rings. The van der Waals surface area contributed by atoms with Crippen LogP contribution in [0.5, 0.6) is 0 Å². The van der Waals surface area contributed by atoms with Crippen LogP contribution in [0.2, 0.25) is 0 Å². The largest absolute Gasteiger partial charge is 0.450 e. The Morgan fingerprint density at radius 1 is 1.17 bits per heavy atom. The fourth-order valence-corrected chi connectivity index (χ4v) is 3.39. The Hall–Kier alpha value is -3.29. The van der Waals surface area contributed by atoms with Crippen LogP contribution in [0, 0.1) is 0 Å². The molecule has 0 radical (unpaired) electrons. The summed E-state index contributed by atoms with van der Waals surface area (Å²) in [6.45, 7) is 4.51. The Morgan fingerprint density at radius 3 is 2.53 bits per heavy atom. The standard InChI is InChI=1S/C22H29N5O3/c1-2-30-22(29)26-13-10-19(11-14-26)25-21(23)24-15-17-6-8-18(9-7-17)16-27-12-4-3-5-20(27)28/h3-9,12,19H,2,10-11,13-16H2,1H3,(H3,23,24,25). The number of hydrogen-bond donors (Lipinski definition) is 2. The first-order valence-corrected chi connectivity index (χ1v) is 10.3. The number of aromatic nitrogens is 1. The van der Waals surface area contributed by atoms with Crippen molar-refractivity contribution in [3.05, 3.63) is 70.1 Å². The number of aliphatic imine (C=N–C) groups is 1. The number of ether oxygens (including phenoxy) is 1. The highest BCUT2D eigenvalue weighted by atomic mass is 16.6. The molecule has 160 valence electrons. The lowest BCUT2D eigenvalue weighted by Gasteiger charge is -2.31. The number of benzene rings is 1. The lowest BCUT2D eigenvalue weighted by atomic mass is 10.1. The minimum atomic E-state index is -0.252. The van der Waals surface area contributed by atoms with Gasteiger partial charge in [0.15, 0.2) is 5.96 Å². The molecule has 3 rings (SSSR count). The second-order valence-corrected chi connectivity index (χ2v) is 7.29. The number of likely N-dealkylation sites (tertiary alicyclic amines) is 1. The van der Waals surface area contributed by atoms with E-state index in [0.29, 0.717) is 38.7 Å². The first-order valence-electron chi connectivity index (χ1n) is 10.3. The Bertz CT molecular complexity index is 915.